The lowest BCUT2D eigenvalue weighted by atomic mass is 9.68. The fraction of sp³-hybridized carbons (Fsp3) is 0.115. The maximum Gasteiger partial charge on any atom is 0.0713 e. The molecule has 9 aromatic carbocycles. The topological polar surface area (TPSA) is 3.24 Å². The molecule has 0 bridgehead atoms. The number of fused-ring (bicyclic) bond motifs is 6. The lowest BCUT2D eigenvalue weighted by Gasteiger charge is -2.34. The van der Waals surface area contributed by atoms with Crippen molar-refractivity contribution in [3.05, 3.63) is 257 Å². The minimum atomic E-state index is -0.463. The first-order valence-electron chi connectivity index (χ1n) is 21.9. The first kappa shape index (κ1) is 37.6. The van der Waals surface area contributed by atoms with Crippen molar-refractivity contribution in [3.63, 3.8) is 0 Å². The van der Waals surface area contributed by atoms with Gasteiger partial charge < -0.3 is 4.90 Å². The summed E-state index contributed by atoms with van der Waals surface area (Å²) in [6.45, 7) is 9.17. The van der Waals surface area contributed by atoms with E-state index in [0.29, 0.717) is 0 Å². The lowest BCUT2D eigenvalue weighted by molar-refractivity contribution is 0.660. The molecular formula is C61H47N. The second-order valence-electron chi connectivity index (χ2n) is 17.4. The first-order chi connectivity index (χ1) is 30.4. The number of rotatable bonds is 8. The highest BCUT2D eigenvalue weighted by Gasteiger charge is 2.46. The van der Waals surface area contributed by atoms with Gasteiger partial charge in [0.2, 0.25) is 0 Å². The average molecular weight is 794 g/mol. The molecule has 0 amide bonds. The van der Waals surface area contributed by atoms with Gasteiger partial charge in [-0.15, -0.1) is 0 Å². The van der Waals surface area contributed by atoms with E-state index < -0.39 is 5.41 Å². The molecule has 296 valence electrons. The summed E-state index contributed by atoms with van der Waals surface area (Å²) < 4.78 is 0. The molecule has 0 atom stereocenters. The van der Waals surface area contributed by atoms with Crippen molar-refractivity contribution in [2.24, 2.45) is 0 Å². The van der Waals surface area contributed by atoms with E-state index in [4.69, 9.17) is 0 Å². The molecule has 0 heterocycles. The van der Waals surface area contributed by atoms with Crippen molar-refractivity contribution in [3.8, 4) is 44.5 Å². The largest absolute Gasteiger partial charge is 0.310 e. The van der Waals surface area contributed by atoms with E-state index in [-0.39, 0.29) is 5.41 Å². The molecule has 62 heavy (non-hydrogen) atoms. The molecule has 0 saturated carbocycles. The molecule has 9 aromatic rings. The Morgan fingerprint density at radius 1 is 0.452 bits per heavy atom. The number of hydrogen-bond acceptors (Lipinski definition) is 1. The Morgan fingerprint density at radius 3 is 1.74 bits per heavy atom. The summed E-state index contributed by atoms with van der Waals surface area (Å²) in [5.41, 5.74) is 23.1. The van der Waals surface area contributed by atoms with Crippen molar-refractivity contribution in [2.45, 2.75) is 44.9 Å². The van der Waals surface area contributed by atoms with E-state index >= 15 is 0 Å². The Kier molecular flexibility index (Phi) is 8.88. The summed E-state index contributed by atoms with van der Waals surface area (Å²) in [5, 5.41) is 0. The van der Waals surface area contributed by atoms with Gasteiger partial charge in [0, 0.05) is 28.0 Å². The molecule has 0 radical (unpaired) electrons. The van der Waals surface area contributed by atoms with Crippen LogP contribution in [0.5, 0.6) is 0 Å². The summed E-state index contributed by atoms with van der Waals surface area (Å²) in [5.74, 6) is 0. The Bertz CT molecular complexity index is 3110. The maximum absolute atomic E-state index is 3.43. The van der Waals surface area contributed by atoms with Crippen LogP contribution in [0.1, 0.15) is 65.3 Å². The Morgan fingerprint density at radius 2 is 1.02 bits per heavy atom. The van der Waals surface area contributed by atoms with E-state index in [1.165, 1.54) is 83.5 Å². The van der Waals surface area contributed by atoms with Crippen molar-refractivity contribution in [1.29, 1.82) is 0 Å². The van der Waals surface area contributed by atoms with Gasteiger partial charge in [0.15, 0.2) is 0 Å². The molecule has 2 aliphatic rings. The first-order valence-corrected chi connectivity index (χ1v) is 21.9. The molecule has 0 aliphatic heterocycles. The second kappa shape index (κ2) is 14.7. The van der Waals surface area contributed by atoms with Gasteiger partial charge in [-0.2, -0.15) is 0 Å². The zero-order valence-corrected chi connectivity index (χ0v) is 35.7. The Hall–Kier alpha value is -7.40. The normalized spacial score (nSPS) is 13.7. The molecule has 0 spiro atoms. The maximum atomic E-state index is 3.43. The fourth-order valence-corrected chi connectivity index (χ4v) is 10.9. The van der Waals surface area contributed by atoms with Gasteiger partial charge in [-0.05, 0) is 145 Å². The number of anilines is 3. The van der Waals surface area contributed by atoms with Crippen LogP contribution >= 0.6 is 0 Å². The third-order valence-corrected chi connectivity index (χ3v) is 13.7. The predicted octanol–water partition coefficient (Wildman–Crippen LogP) is 15.6. The third-order valence-electron chi connectivity index (χ3n) is 13.7. The van der Waals surface area contributed by atoms with Crippen LogP contribution in [0.15, 0.2) is 200 Å². The average Bonchev–Trinajstić information content (AvgIpc) is 3.75. The number of benzene rings is 8. The van der Waals surface area contributed by atoms with Crippen LogP contribution < -0.4 is 4.90 Å². The SMILES string of the molecule is CCc1c(-c2cccc(N(c3ccc4c(c3)-c3ccccc3C4(c3ccccc3)c3ccccc3)c3ccc4c(c3)C(C)(C)c3ccccc3-4)c2)cccc1-c1c#cccc1C. The minimum absolute atomic E-state index is 0.141. The smallest absolute Gasteiger partial charge is 0.0713 e. The Labute approximate surface area is 366 Å². The third kappa shape index (κ3) is 5.64. The van der Waals surface area contributed by atoms with E-state index in [9.17, 15) is 0 Å². The molecular weight excluding hydrogens is 747 g/mol. The molecule has 0 unspecified atom stereocenters. The van der Waals surface area contributed by atoms with Crippen LogP contribution in [0.25, 0.3) is 44.5 Å². The van der Waals surface area contributed by atoms with Crippen molar-refractivity contribution in [2.75, 3.05) is 4.90 Å². The van der Waals surface area contributed by atoms with Gasteiger partial charge >= 0.3 is 0 Å². The van der Waals surface area contributed by atoms with Crippen molar-refractivity contribution >= 4 is 17.1 Å². The van der Waals surface area contributed by atoms with Crippen LogP contribution in [0.4, 0.5) is 17.1 Å². The van der Waals surface area contributed by atoms with Crippen LogP contribution in [0.2, 0.25) is 0 Å². The molecule has 2 aliphatic carbocycles. The molecule has 0 N–H and O–H groups in total. The van der Waals surface area contributed by atoms with Crippen LogP contribution in [-0.2, 0) is 17.3 Å². The highest BCUT2D eigenvalue weighted by atomic mass is 15.1. The second-order valence-corrected chi connectivity index (χ2v) is 17.4. The molecule has 0 aromatic heterocycles. The predicted molar refractivity (Wildman–Crippen MR) is 259 cm³/mol. The molecule has 0 saturated heterocycles. The number of nitrogens with zero attached hydrogens (tertiary/aromatic N) is 1. The van der Waals surface area contributed by atoms with Gasteiger partial charge in [0.1, 0.15) is 0 Å². The summed E-state index contributed by atoms with van der Waals surface area (Å²) >= 11 is 0. The van der Waals surface area contributed by atoms with Crippen LogP contribution in [0.3, 0.4) is 0 Å². The van der Waals surface area contributed by atoms with Crippen molar-refractivity contribution in [1.82, 2.24) is 0 Å². The van der Waals surface area contributed by atoms with E-state index in [1.54, 1.807) is 0 Å². The van der Waals surface area contributed by atoms with E-state index in [0.717, 1.165) is 29.0 Å². The monoisotopic (exact) mass is 793 g/mol. The Balaban J connectivity index is 1.14. The highest BCUT2D eigenvalue weighted by Crippen LogP contribution is 2.58. The lowest BCUT2D eigenvalue weighted by Crippen LogP contribution is -2.28. The molecule has 0 fully saturated rings. The van der Waals surface area contributed by atoms with Gasteiger partial charge in [-0.25, -0.2) is 0 Å². The minimum Gasteiger partial charge on any atom is -0.310 e. The summed E-state index contributed by atoms with van der Waals surface area (Å²) in [7, 11) is 0. The number of aryl methyl sites for hydroxylation is 1. The molecule has 1 nitrogen and oxygen atoms in total. The van der Waals surface area contributed by atoms with Crippen molar-refractivity contribution < 1.29 is 0 Å². The van der Waals surface area contributed by atoms with Gasteiger partial charge in [-0.1, -0.05) is 185 Å². The van der Waals surface area contributed by atoms with Crippen LogP contribution in [0, 0.1) is 19.1 Å². The summed E-state index contributed by atoms with van der Waals surface area (Å²) in [6.07, 6.45) is 0.900. The van der Waals surface area contributed by atoms with Gasteiger partial charge in [-0.3, -0.25) is 0 Å². The summed E-state index contributed by atoms with van der Waals surface area (Å²) in [4.78, 5) is 2.48. The van der Waals surface area contributed by atoms with Gasteiger partial charge in [0.25, 0.3) is 0 Å². The summed E-state index contributed by atoms with van der Waals surface area (Å²) in [6, 6.07) is 81.0. The highest BCUT2D eigenvalue weighted by molar-refractivity contribution is 5.92. The fourth-order valence-electron chi connectivity index (χ4n) is 10.9. The van der Waals surface area contributed by atoms with Crippen LogP contribution in [-0.4, -0.2) is 0 Å². The number of hydrogen-bond donors (Lipinski definition) is 0. The standard InChI is InChI=1S/C61H47N/c1-5-48-50(30-19-31-51(48)49-27-13-12-20-41(49)2)42-21-18-26-45(38-42)62(47-34-36-54-52-28-14-16-32-56(52)60(3,4)59(54)40-47)46-35-37-58-55(39-46)53-29-15-17-33-57(53)61(58,43-22-8-6-9-23-43)44-24-10-7-11-25-44/h6-12,14-26,28-40H,5H2,1-4H3. The quantitative estimate of drug-likeness (QED) is 0.148. The zero-order valence-electron chi connectivity index (χ0n) is 35.7. The molecule has 1 heteroatoms. The zero-order chi connectivity index (χ0) is 42.0. The van der Waals surface area contributed by atoms with E-state index in [1.807, 2.05) is 6.07 Å². The molecule has 11 rings (SSSR count). The van der Waals surface area contributed by atoms with Gasteiger partial charge in [0.05, 0.1) is 5.41 Å². The van der Waals surface area contributed by atoms with E-state index in [2.05, 4.69) is 239 Å².